The van der Waals surface area contributed by atoms with E-state index in [2.05, 4.69) is 15.4 Å². The second-order valence-corrected chi connectivity index (χ2v) is 8.58. The lowest BCUT2D eigenvalue weighted by Crippen LogP contribution is -2.54. The minimum absolute atomic E-state index is 0.00137. The van der Waals surface area contributed by atoms with Crippen LogP contribution in [-0.4, -0.2) is 48.9 Å². The maximum atomic E-state index is 12.8. The van der Waals surface area contributed by atoms with Gasteiger partial charge in [-0.25, -0.2) is 9.59 Å². The van der Waals surface area contributed by atoms with Crippen molar-refractivity contribution in [3.63, 3.8) is 0 Å². The van der Waals surface area contributed by atoms with E-state index >= 15 is 0 Å². The lowest BCUT2D eigenvalue weighted by Gasteiger charge is -2.25. The molecule has 2 atom stereocenters. The first-order chi connectivity index (χ1) is 14.9. The zero-order chi connectivity index (χ0) is 24.3. The smallest absolute Gasteiger partial charge is 0.408 e. The molecule has 2 amide bonds. The first kappa shape index (κ1) is 27.3. The molecular weight excluding hydrogens is 426 g/mol. The van der Waals surface area contributed by atoms with Crippen molar-refractivity contribution in [1.82, 2.24) is 10.6 Å². The van der Waals surface area contributed by atoms with Gasteiger partial charge < -0.3 is 24.8 Å². The van der Waals surface area contributed by atoms with Crippen molar-refractivity contribution in [2.75, 3.05) is 6.61 Å². The van der Waals surface area contributed by atoms with Crippen molar-refractivity contribution in [3.05, 3.63) is 35.9 Å². The lowest BCUT2D eigenvalue weighted by atomic mass is 10.0. The number of hydrogen-bond acceptors (Lipinski definition) is 6. The molecule has 1 rings (SSSR count). The molecule has 0 aromatic heterocycles. The van der Waals surface area contributed by atoms with E-state index in [4.69, 9.17) is 9.47 Å². The Bertz CT molecular complexity index is 738. The number of hydrogen-bond donors (Lipinski definition) is 2. The molecule has 2 unspecified atom stereocenters. The van der Waals surface area contributed by atoms with Crippen LogP contribution in [0.1, 0.15) is 46.6 Å². The molecule has 0 aliphatic heterocycles. The van der Waals surface area contributed by atoms with E-state index < -0.39 is 48.9 Å². The molecule has 32 heavy (non-hydrogen) atoms. The zero-order valence-electron chi connectivity index (χ0n) is 19.0. The fourth-order valence-corrected chi connectivity index (χ4v) is 2.59. The predicted octanol–water partition coefficient (Wildman–Crippen LogP) is 3.39. The first-order valence-corrected chi connectivity index (χ1v) is 10.3. The van der Waals surface area contributed by atoms with E-state index in [0.717, 1.165) is 0 Å². The van der Waals surface area contributed by atoms with E-state index in [-0.39, 0.29) is 18.9 Å². The van der Waals surface area contributed by atoms with Crippen LogP contribution < -0.4 is 10.6 Å². The molecule has 1 aromatic carbocycles. The molecule has 0 spiro atoms. The average Bonchev–Trinajstić information content (AvgIpc) is 2.67. The van der Waals surface area contributed by atoms with Crippen molar-refractivity contribution in [3.8, 4) is 0 Å². The SMILES string of the molecule is CC(C)CC(NC(=O)OC(C)(C)C)C(=O)NC(COC(F)F)C(=O)OCc1ccccc1. The molecule has 1 aromatic rings. The van der Waals surface area contributed by atoms with Gasteiger partial charge in [-0.3, -0.25) is 4.79 Å². The van der Waals surface area contributed by atoms with Crippen molar-refractivity contribution in [2.24, 2.45) is 5.92 Å². The highest BCUT2D eigenvalue weighted by Crippen LogP contribution is 2.11. The van der Waals surface area contributed by atoms with Gasteiger partial charge >= 0.3 is 18.7 Å². The first-order valence-electron chi connectivity index (χ1n) is 10.3. The van der Waals surface area contributed by atoms with Crippen LogP contribution in [0.3, 0.4) is 0 Å². The summed E-state index contributed by atoms with van der Waals surface area (Å²) in [5.41, 5.74) is -0.0948. The number of rotatable bonds is 11. The van der Waals surface area contributed by atoms with Crippen molar-refractivity contribution >= 4 is 18.0 Å². The monoisotopic (exact) mass is 458 g/mol. The van der Waals surface area contributed by atoms with E-state index in [1.54, 1.807) is 51.1 Å². The van der Waals surface area contributed by atoms with Crippen molar-refractivity contribution in [1.29, 1.82) is 0 Å². The molecular formula is C22H32F2N2O6. The summed E-state index contributed by atoms with van der Waals surface area (Å²) < 4.78 is 39.6. The van der Waals surface area contributed by atoms with Gasteiger partial charge in [0.1, 0.15) is 18.2 Å². The van der Waals surface area contributed by atoms with Crippen molar-refractivity contribution < 1.29 is 37.4 Å². The Kier molecular flexibility index (Phi) is 11.0. The fraction of sp³-hybridized carbons (Fsp3) is 0.591. The summed E-state index contributed by atoms with van der Waals surface area (Å²) in [5, 5.41) is 4.80. The maximum absolute atomic E-state index is 12.8. The maximum Gasteiger partial charge on any atom is 0.408 e. The molecule has 0 heterocycles. The summed E-state index contributed by atoms with van der Waals surface area (Å²) in [7, 11) is 0. The highest BCUT2D eigenvalue weighted by Gasteiger charge is 2.30. The van der Waals surface area contributed by atoms with Crippen LogP contribution in [0, 0.1) is 5.92 Å². The van der Waals surface area contributed by atoms with Gasteiger partial charge in [0.2, 0.25) is 5.91 Å². The van der Waals surface area contributed by atoms with E-state index in [1.165, 1.54) is 0 Å². The normalized spacial score (nSPS) is 13.4. The quantitative estimate of drug-likeness (QED) is 0.493. The molecule has 180 valence electrons. The van der Waals surface area contributed by atoms with Crippen LogP contribution in [0.25, 0.3) is 0 Å². The van der Waals surface area contributed by atoms with Gasteiger partial charge in [0, 0.05) is 0 Å². The standard InChI is InChI=1S/C22H32F2N2O6/c1-14(2)11-16(26-21(29)32-22(3,4)5)18(27)25-17(13-31-20(23)24)19(28)30-12-15-9-7-6-8-10-15/h6-10,14,16-17,20H,11-13H2,1-5H3,(H,25,27)(H,26,29). The van der Waals surface area contributed by atoms with E-state index in [1.807, 2.05) is 13.8 Å². The molecule has 10 heteroatoms. The Morgan fingerprint density at radius 3 is 2.16 bits per heavy atom. The number of ether oxygens (including phenoxy) is 3. The van der Waals surface area contributed by atoms with Gasteiger partial charge in [0.25, 0.3) is 0 Å². The van der Waals surface area contributed by atoms with Crippen LogP contribution in [0.2, 0.25) is 0 Å². The molecule has 0 aliphatic rings. The summed E-state index contributed by atoms with van der Waals surface area (Å²) >= 11 is 0. The Labute approximate surface area is 187 Å². The van der Waals surface area contributed by atoms with Crippen LogP contribution in [-0.2, 0) is 30.4 Å². The molecule has 0 radical (unpaired) electrons. The summed E-state index contributed by atoms with van der Waals surface area (Å²) in [6.07, 6.45) is -0.586. The minimum Gasteiger partial charge on any atom is -0.459 e. The number of carbonyl (C=O) groups excluding carboxylic acids is 3. The second kappa shape index (κ2) is 12.9. The topological polar surface area (TPSA) is 103 Å². The molecule has 8 nitrogen and oxygen atoms in total. The number of halogens is 2. The molecule has 0 aliphatic carbocycles. The molecule has 0 fully saturated rings. The third-order valence-electron chi connectivity index (χ3n) is 3.93. The number of esters is 1. The van der Waals surface area contributed by atoms with Gasteiger partial charge in [-0.05, 0) is 38.7 Å². The lowest BCUT2D eigenvalue weighted by molar-refractivity contribution is -0.161. The third kappa shape index (κ3) is 11.6. The van der Waals surface area contributed by atoms with Gasteiger partial charge in [-0.2, -0.15) is 8.78 Å². The van der Waals surface area contributed by atoms with Gasteiger partial charge in [0.05, 0.1) is 6.61 Å². The fourth-order valence-electron chi connectivity index (χ4n) is 2.59. The minimum atomic E-state index is -3.14. The van der Waals surface area contributed by atoms with Crippen LogP contribution in [0.5, 0.6) is 0 Å². The second-order valence-electron chi connectivity index (χ2n) is 8.58. The van der Waals surface area contributed by atoms with Crippen LogP contribution in [0.4, 0.5) is 13.6 Å². The van der Waals surface area contributed by atoms with Gasteiger partial charge in [-0.15, -0.1) is 0 Å². The summed E-state index contributed by atoms with van der Waals surface area (Å²) in [4.78, 5) is 37.3. The molecule has 2 N–H and O–H groups in total. The van der Waals surface area contributed by atoms with E-state index in [9.17, 15) is 23.2 Å². The number of benzene rings is 1. The Hall–Kier alpha value is -2.75. The predicted molar refractivity (Wildman–Crippen MR) is 113 cm³/mol. The molecule has 0 saturated carbocycles. The summed E-state index contributed by atoms with van der Waals surface area (Å²) in [6, 6.07) is 6.19. The number of nitrogens with one attached hydrogen (secondary N) is 2. The van der Waals surface area contributed by atoms with E-state index in [0.29, 0.717) is 5.56 Å². The zero-order valence-corrected chi connectivity index (χ0v) is 19.0. The Morgan fingerprint density at radius 1 is 1.00 bits per heavy atom. The Morgan fingerprint density at radius 2 is 1.62 bits per heavy atom. The van der Waals surface area contributed by atoms with Gasteiger partial charge in [-0.1, -0.05) is 44.2 Å². The Balaban J connectivity index is 2.86. The largest absolute Gasteiger partial charge is 0.459 e. The summed E-state index contributed by atoms with van der Waals surface area (Å²) in [5.74, 6) is -1.69. The summed E-state index contributed by atoms with van der Waals surface area (Å²) in [6.45, 7) is 4.65. The number of amides is 2. The highest BCUT2D eigenvalue weighted by molar-refractivity contribution is 5.89. The number of alkyl carbamates (subject to hydrolysis) is 1. The third-order valence-corrected chi connectivity index (χ3v) is 3.93. The number of carbonyl (C=O) groups is 3. The molecule has 0 saturated heterocycles. The number of alkyl halides is 2. The van der Waals surface area contributed by atoms with Gasteiger partial charge in [0.15, 0.2) is 6.04 Å². The average molecular weight is 459 g/mol. The highest BCUT2D eigenvalue weighted by atomic mass is 19.3. The van der Waals surface area contributed by atoms with Crippen LogP contribution >= 0.6 is 0 Å². The molecule has 0 bridgehead atoms. The van der Waals surface area contributed by atoms with Crippen LogP contribution in [0.15, 0.2) is 30.3 Å². The van der Waals surface area contributed by atoms with Crippen molar-refractivity contribution in [2.45, 2.75) is 71.9 Å².